The van der Waals surface area contributed by atoms with Crippen LogP contribution in [-0.4, -0.2) is 22.2 Å². The van der Waals surface area contributed by atoms with Gasteiger partial charge in [0.25, 0.3) is 0 Å². The number of carboxylic acids is 1. The monoisotopic (exact) mass is 277 g/mol. The molecule has 0 aliphatic heterocycles. The van der Waals surface area contributed by atoms with Crippen LogP contribution in [0, 0.1) is 19.8 Å². The molecule has 0 radical (unpaired) electrons. The number of carbonyl (C=O) groups is 1. The molecule has 4 heteroatoms. The van der Waals surface area contributed by atoms with Crippen molar-refractivity contribution in [2.24, 2.45) is 5.92 Å². The second-order valence-corrected chi connectivity index (χ2v) is 5.75. The highest BCUT2D eigenvalue weighted by molar-refractivity contribution is 5.91. The fraction of sp³-hybridized carbons (Fsp3) is 0.625. The fourth-order valence-corrected chi connectivity index (χ4v) is 3.03. The molecule has 1 aliphatic rings. The molecular weight excluding hydrogens is 254 g/mol. The number of aromatic carboxylic acids is 1. The average Bonchev–Trinajstić information content (AvgIpc) is 2.37. The number of pyridine rings is 1. The Bertz CT molecular complexity index is 499. The maximum absolute atomic E-state index is 11.4. The van der Waals surface area contributed by atoms with E-state index in [4.69, 9.17) is 4.74 Å². The molecule has 1 N–H and O–H groups in total. The Kier molecular flexibility index (Phi) is 4.63. The number of rotatable bonds is 4. The number of aryl methyl sites for hydroxylation is 2. The van der Waals surface area contributed by atoms with Gasteiger partial charge in [-0.1, -0.05) is 19.8 Å². The molecule has 0 aromatic carbocycles. The lowest BCUT2D eigenvalue weighted by Crippen LogP contribution is -2.26. The maximum Gasteiger partial charge on any atom is 0.341 e. The molecular formula is C16H23NO3. The van der Waals surface area contributed by atoms with Gasteiger partial charge in [-0.3, -0.25) is 0 Å². The molecule has 0 bridgehead atoms. The first-order chi connectivity index (χ1) is 9.51. The van der Waals surface area contributed by atoms with Gasteiger partial charge in [0, 0.05) is 5.69 Å². The van der Waals surface area contributed by atoms with Crippen molar-refractivity contribution >= 4 is 5.97 Å². The fourth-order valence-electron chi connectivity index (χ4n) is 3.03. The summed E-state index contributed by atoms with van der Waals surface area (Å²) in [5.74, 6) is 0.0116. The number of nitrogens with zero attached hydrogens (tertiary/aromatic N) is 1. The van der Waals surface area contributed by atoms with E-state index in [0.717, 1.165) is 31.4 Å². The molecule has 0 saturated heterocycles. The van der Waals surface area contributed by atoms with Gasteiger partial charge in [-0.25, -0.2) is 9.78 Å². The standard InChI is InChI=1S/C16H23NO3/c1-4-12-6-5-7-13(9-12)20-15-14(16(18)19)10(2)8-11(3)17-15/h8,12-13H,4-7,9H2,1-3H3,(H,18,19). The van der Waals surface area contributed by atoms with E-state index in [2.05, 4.69) is 11.9 Å². The quantitative estimate of drug-likeness (QED) is 0.910. The number of hydrogen-bond donors (Lipinski definition) is 1. The van der Waals surface area contributed by atoms with E-state index in [1.54, 1.807) is 13.0 Å². The summed E-state index contributed by atoms with van der Waals surface area (Å²) >= 11 is 0. The summed E-state index contributed by atoms with van der Waals surface area (Å²) in [4.78, 5) is 15.7. The summed E-state index contributed by atoms with van der Waals surface area (Å²) in [6, 6.07) is 1.78. The van der Waals surface area contributed by atoms with E-state index in [1.807, 2.05) is 6.92 Å². The smallest absolute Gasteiger partial charge is 0.341 e. The van der Waals surface area contributed by atoms with Crippen LogP contribution < -0.4 is 4.74 Å². The van der Waals surface area contributed by atoms with Gasteiger partial charge in [0.1, 0.15) is 11.7 Å². The van der Waals surface area contributed by atoms with Crippen molar-refractivity contribution in [3.8, 4) is 5.88 Å². The predicted octanol–water partition coefficient (Wildman–Crippen LogP) is 3.74. The van der Waals surface area contributed by atoms with Gasteiger partial charge >= 0.3 is 5.97 Å². The minimum Gasteiger partial charge on any atom is -0.477 e. The first-order valence-electron chi connectivity index (χ1n) is 7.39. The Morgan fingerprint density at radius 1 is 1.45 bits per heavy atom. The summed E-state index contributed by atoms with van der Waals surface area (Å²) in [6.45, 7) is 5.85. The Labute approximate surface area is 120 Å². The lowest BCUT2D eigenvalue weighted by atomic mass is 9.85. The van der Waals surface area contributed by atoms with Gasteiger partial charge in [0.2, 0.25) is 5.88 Å². The molecule has 1 aromatic heterocycles. The predicted molar refractivity (Wildman–Crippen MR) is 77.3 cm³/mol. The number of aromatic nitrogens is 1. The van der Waals surface area contributed by atoms with E-state index in [1.165, 1.54) is 6.42 Å². The zero-order chi connectivity index (χ0) is 14.7. The van der Waals surface area contributed by atoms with Crippen LogP contribution in [0.15, 0.2) is 6.07 Å². The Morgan fingerprint density at radius 3 is 2.85 bits per heavy atom. The number of carboxylic acid groups (broad SMARTS) is 1. The third-order valence-corrected chi connectivity index (χ3v) is 4.12. The van der Waals surface area contributed by atoms with Crippen LogP contribution in [0.4, 0.5) is 0 Å². The molecule has 2 rings (SSSR count). The Balaban J connectivity index is 2.22. The summed E-state index contributed by atoms with van der Waals surface area (Å²) < 4.78 is 5.95. The zero-order valence-corrected chi connectivity index (χ0v) is 12.5. The van der Waals surface area contributed by atoms with Crippen LogP contribution in [0.2, 0.25) is 0 Å². The van der Waals surface area contributed by atoms with E-state index in [-0.39, 0.29) is 17.5 Å². The number of hydrogen-bond acceptors (Lipinski definition) is 3. The van der Waals surface area contributed by atoms with Crippen molar-refractivity contribution in [1.82, 2.24) is 4.98 Å². The molecule has 1 aliphatic carbocycles. The molecule has 1 saturated carbocycles. The van der Waals surface area contributed by atoms with Crippen LogP contribution in [0.3, 0.4) is 0 Å². The van der Waals surface area contributed by atoms with Crippen molar-refractivity contribution in [3.05, 3.63) is 22.9 Å². The van der Waals surface area contributed by atoms with Gasteiger partial charge in [0.15, 0.2) is 0 Å². The topological polar surface area (TPSA) is 59.4 Å². The normalized spacial score (nSPS) is 22.6. The minimum atomic E-state index is -0.965. The van der Waals surface area contributed by atoms with E-state index >= 15 is 0 Å². The summed E-state index contributed by atoms with van der Waals surface area (Å²) in [5.41, 5.74) is 1.71. The number of ether oxygens (including phenoxy) is 1. The highest BCUT2D eigenvalue weighted by Gasteiger charge is 2.25. The van der Waals surface area contributed by atoms with Crippen molar-refractivity contribution in [2.45, 2.75) is 59.0 Å². The third-order valence-electron chi connectivity index (χ3n) is 4.12. The lowest BCUT2D eigenvalue weighted by Gasteiger charge is -2.29. The van der Waals surface area contributed by atoms with Crippen molar-refractivity contribution in [3.63, 3.8) is 0 Å². The summed E-state index contributed by atoms with van der Waals surface area (Å²) in [5, 5.41) is 9.35. The molecule has 2 unspecified atom stereocenters. The molecule has 0 amide bonds. The molecule has 2 atom stereocenters. The SMILES string of the molecule is CCC1CCCC(Oc2nc(C)cc(C)c2C(=O)O)C1. The van der Waals surface area contributed by atoms with E-state index in [0.29, 0.717) is 11.5 Å². The average molecular weight is 277 g/mol. The zero-order valence-electron chi connectivity index (χ0n) is 12.5. The molecule has 1 fully saturated rings. The van der Waals surface area contributed by atoms with Gasteiger partial charge in [0.05, 0.1) is 0 Å². The highest BCUT2D eigenvalue weighted by atomic mass is 16.5. The second kappa shape index (κ2) is 6.25. The van der Waals surface area contributed by atoms with Crippen molar-refractivity contribution in [2.75, 3.05) is 0 Å². The van der Waals surface area contributed by atoms with E-state index < -0.39 is 5.97 Å². The third kappa shape index (κ3) is 3.30. The van der Waals surface area contributed by atoms with Gasteiger partial charge in [-0.2, -0.15) is 0 Å². The van der Waals surface area contributed by atoms with Crippen LogP contribution >= 0.6 is 0 Å². The first kappa shape index (κ1) is 14.8. The molecule has 4 nitrogen and oxygen atoms in total. The second-order valence-electron chi connectivity index (χ2n) is 5.75. The van der Waals surface area contributed by atoms with Gasteiger partial charge in [-0.15, -0.1) is 0 Å². The lowest BCUT2D eigenvalue weighted by molar-refractivity contribution is 0.0677. The Hall–Kier alpha value is -1.58. The first-order valence-corrected chi connectivity index (χ1v) is 7.39. The molecule has 1 aromatic rings. The van der Waals surface area contributed by atoms with E-state index in [9.17, 15) is 9.90 Å². The van der Waals surface area contributed by atoms with Gasteiger partial charge in [-0.05, 0) is 50.7 Å². The van der Waals surface area contributed by atoms with Gasteiger partial charge < -0.3 is 9.84 Å². The maximum atomic E-state index is 11.4. The molecule has 0 spiro atoms. The summed E-state index contributed by atoms with van der Waals surface area (Å²) in [6.07, 6.45) is 5.65. The molecule has 20 heavy (non-hydrogen) atoms. The molecule has 110 valence electrons. The van der Waals surface area contributed by atoms with Crippen molar-refractivity contribution in [1.29, 1.82) is 0 Å². The highest BCUT2D eigenvalue weighted by Crippen LogP contribution is 2.31. The molecule has 1 heterocycles. The van der Waals surface area contributed by atoms with Crippen LogP contribution in [-0.2, 0) is 0 Å². The van der Waals surface area contributed by atoms with Crippen molar-refractivity contribution < 1.29 is 14.6 Å². The minimum absolute atomic E-state index is 0.0977. The Morgan fingerprint density at radius 2 is 2.20 bits per heavy atom. The largest absolute Gasteiger partial charge is 0.477 e. The van der Waals surface area contributed by atoms with Crippen LogP contribution in [0.5, 0.6) is 5.88 Å². The summed E-state index contributed by atoms with van der Waals surface area (Å²) in [7, 11) is 0. The van der Waals surface area contributed by atoms with Crippen LogP contribution in [0.1, 0.15) is 60.6 Å². The van der Waals surface area contributed by atoms with Crippen LogP contribution in [0.25, 0.3) is 0 Å².